The summed E-state index contributed by atoms with van der Waals surface area (Å²) in [6.07, 6.45) is -0.529. The Labute approximate surface area is 131 Å². The third kappa shape index (κ3) is 2.92. The van der Waals surface area contributed by atoms with Crippen molar-refractivity contribution in [3.8, 4) is 6.07 Å². The van der Waals surface area contributed by atoms with Crippen LogP contribution in [-0.2, 0) is 4.74 Å². The summed E-state index contributed by atoms with van der Waals surface area (Å²) >= 11 is 3.44. The van der Waals surface area contributed by atoms with Crippen LogP contribution in [0.3, 0.4) is 0 Å². The lowest BCUT2D eigenvalue weighted by Crippen LogP contribution is -2.45. The molecule has 1 atom stereocenters. The summed E-state index contributed by atoms with van der Waals surface area (Å²) in [5.41, 5.74) is 0.642. The lowest BCUT2D eigenvalue weighted by atomic mass is 10.1. The van der Waals surface area contributed by atoms with Crippen LogP contribution in [0.4, 0.5) is 0 Å². The highest BCUT2D eigenvalue weighted by atomic mass is 79.9. The van der Waals surface area contributed by atoms with E-state index < -0.39 is 6.10 Å². The number of nitrogens with zero attached hydrogens (tertiary/aromatic N) is 2. The van der Waals surface area contributed by atoms with Crippen molar-refractivity contribution in [1.82, 2.24) is 4.90 Å². The number of morpholine rings is 1. The van der Waals surface area contributed by atoms with Crippen LogP contribution in [0.5, 0.6) is 0 Å². The van der Waals surface area contributed by atoms with E-state index in [1.807, 2.05) is 36.4 Å². The second kappa shape index (κ2) is 5.84. The minimum atomic E-state index is -0.529. The van der Waals surface area contributed by atoms with Crippen LogP contribution in [0, 0.1) is 11.3 Å². The van der Waals surface area contributed by atoms with Gasteiger partial charge >= 0.3 is 0 Å². The van der Waals surface area contributed by atoms with Crippen molar-refractivity contribution >= 4 is 32.6 Å². The summed E-state index contributed by atoms with van der Waals surface area (Å²) < 4.78 is 6.28. The lowest BCUT2D eigenvalue weighted by Gasteiger charge is -2.29. The zero-order valence-electron chi connectivity index (χ0n) is 11.3. The van der Waals surface area contributed by atoms with Gasteiger partial charge in [0, 0.05) is 16.6 Å². The zero-order chi connectivity index (χ0) is 14.8. The predicted octanol–water partition coefficient (Wildman–Crippen LogP) is 2.97. The summed E-state index contributed by atoms with van der Waals surface area (Å²) in [7, 11) is 0. The third-order valence-electron chi connectivity index (χ3n) is 3.55. The van der Waals surface area contributed by atoms with E-state index in [9.17, 15) is 4.79 Å². The standard InChI is InChI=1S/C16H13BrN2O2/c17-14-4-3-11-7-13(2-1-12(11)8-14)16(20)19-5-6-21-15(9-18)10-19/h1-4,7-8,15H,5-6,10H2. The van der Waals surface area contributed by atoms with Crippen molar-refractivity contribution in [1.29, 1.82) is 5.26 Å². The fourth-order valence-corrected chi connectivity index (χ4v) is 2.82. The number of halogens is 1. The van der Waals surface area contributed by atoms with E-state index in [-0.39, 0.29) is 5.91 Å². The molecule has 0 saturated carbocycles. The molecule has 0 N–H and O–H groups in total. The first-order valence-electron chi connectivity index (χ1n) is 6.67. The van der Waals surface area contributed by atoms with E-state index in [1.54, 1.807) is 4.90 Å². The van der Waals surface area contributed by atoms with Gasteiger partial charge in [-0.3, -0.25) is 4.79 Å². The van der Waals surface area contributed by atoms with Crippen LogP contribution in [0.25, 0.3) is 10.8 Å². The summed E-state index contributed by atoms with van der Waals surface area (Å²) in [6.45, 7) is 1.26. The molecule has 5 heteroatoms. The van der Waals surface area contributed by atoms with Crippen molar-refractivity contribution in [3.05, 3.63) is 46.4 Å². The predicted molar refractivity (Wildman–Crippen MR) is 82.9 cm³/mol. The minimum Gasteiger partial charge on any atom is -0.360 e. The number of rotatable bonds is 1. The van der Waals surface area contributed by atoms with Gasteiger partial charge < -0.3 is 9.64 Å². The second-order valence-electron chi connectivity index (χ2n) is 4.95. The number of carbonyl (C=O) groups is 1. The van der Waals surface area contributed by atoms with Crippen LogP contribution >= 0.6 is 15.9 Å². The topological polar surface area (TPSA) is 53.3 Å². The molecular formula is C16H13BrN2O2. The molecule has 0 radical (unpaired) electrons. The Hall–Kier alpha value is -1.90. The largest absolute Gasteiger partial charge is 0.360 e. The maximum atomic E-state index is 12.5. The summed E-state index contributed by atoms with van der Waals surface area (Å²) in [6, 6.07) is 13.7. The number of nitriles is 1. The maximum Gasteiger partial charge on any atom is 0.254 e. The molecule has 1 amide bonds. The zero-order valence-corrected chi connectivity index (χ0v) is 12.8. The molecule has 0 aromatic heterocycles. The molecule has 1 aliphatic rings. The van der Waals surface area contributed by atoms with Crippen LogP contribution in [0.15, 0.2) is 40.9 Å². The van der Waals surface area contributed by atoms with Gasteiger partial charge in [0.2, 0.25) is 0 Å². The number of fused-ring (bicyclic) bond motifs is 1. The Morgan fingerprint density at radius 1 is 1.29 bits per heavy atom. The highest BCUT2D eigenvalue weighted by Gasteiger charge is 2.24. The normalized spacial score (nSPS) is 18.5. The SMILES string of the molecule is N#CC1CN(C(=O)c2ccc3cc(Br)ccc3c2)CCO1. The van der Waals surface area contributed by atoms with Gasteiger partial charge in [-0.25, -0.2) is 0 Å². The molecule has 1 saturated heterocycles. The Balaban J connectivity index is 1.87. The molecule has 1 fully saturated rings. The number of hydrogen-bond donors (Lipinski definition) is 0. The van der Waals surface area contributed by atoms with Gasteiger partial charge in [0.1, 0.15) is 0 Å². The summed E-state index contributed by atoms with van der Waals surface area (Å²) in [5, 5.41) is 11.0. The van der Waals surface area contributed by atoms with Gasteiger partial charge in [0.15, 0.2) is 6.10 Å². The number of amides is 1. The van der Waals surface area contributed by atoms with Gasteiger partial charge in [0.25, 0.3) is 5.91 Å². The monoisotopic (exact) mass is 344 g/mol. The molecule has 0 bridgehead atoms. The van der Waals surface area contributed by atoms with Crippen LogP contribution in [0.2, 0.25) is 0 Å². The maximum absolute atomic E-state index is 12.5. The highest BCUT2D eigenvalue weighted by Crippen LogP contribution is 2.22. The average molecular weight is 345 g/mol. The van der Waals surface area contributed by atoms with Crippen molar-refractivity contribution in [2.24, 2.45) is 0 Å². The highest BCUT2D eigenvalue weighted by molar-refractivity contribution is 9.10. The second-order valence-corrected chi connectivity index (χ2v) is 5.86. The summed E-state index contributed by atoms with van der Waals surface area (Å²) in [5.74, 6) is -0.0524. The number of hydrogen-bond acceptors (Lipinski definition) is 3. The number of benzene rings is 2. The Kier molecular flexibility index (Phi) is 3.91. The van der Waals surface area contributed by atoms with E-state index in [1.165, 1.54) is 0 Å². The molecule has 2 aromatic carbocycles. The Morgan fingerprint density at radius 2 is 2.05 bits per heavy atom. The average Bonchev–Trinajstić information content (AvgIpc) is 2.53. The minimum absolute atomic E-state index is 0.0524. The molecule has 4 nitrogen and oxygen atoms in total. The molecular weight excluding hydrogens is 332 g/mol. The van der Waals surface area contributed by atoms with E-state index in [2.05, 4.69) is 22.0 Å². The van der Waals surface area contributed by atoms with Gasteiger partial charge in [-0.15, -0.1) is 0 Å². The van der Waals surface area contributed by atoms with Gasteiger partial charge in [-0.1, -0.05) is 28.1 Å². The van der Waals surface area contributed by atoms with E-state index >= 15 is 0 Å². The molecule has 0 aliphatic carbocycles. The van der Waals surface area contributed by atoms with Crippen molar-refractivity contribution in [2.75, 3.05) is 19.7 Å². The first kappa shape index (κ1) is 14.1. The third-order valence-corrected chi connectivity index (χ3v) is 4.04. The van der Waals surface area contributed by atoms with Gasteiger partial charge in [-0.05, 0) is 35.0 Å². The molecule has 1 unspecified atom stereocenters. The fraction of sp³-hybridized carbons (Fsp3) is 0.250. The van der Waals surface area contributed by atoms with E-state index in [0.29, 0.717) is 25.3 Å². The van der Waals surface area contributed by atoms with Crippen molar-refractivity contribution < 1.29 is 9.53 Å². The first-order valence-corrected chi connectivity index (χ1v) is 7.46. The van der Waals surface area contributed by atoms with Crippen molar-refractivity contribution in [3.63, 3.8) is 0 Å². The fourth-order valence-electron chi connectivity index (χ4n) is 2.44. The van der Waals surface area contributed by atoms with Gasteiger partial charge in [-0.2, -0.15) is 5.26 Å². The molecule has 0 spiro atoms. The molecule has 2 aromatic rings. The van der Waals surface area contributed by atoms with Crippen LogP contribution in [0.1, 0.15) is 10.4 Å². The molecule has 3 rings (SSSR count). The van der Waals surface area contributed by atoms with Crippen LogP contribution < -0.4 is 0 Å². The summed E-state index contributed by atoms with van der Waals surface area (Å²) in [4.78, 5) is 14.2. The quantitative estimate of drug-likeness (QED) is 0.799. The Morgan fingerprint density at radius 3 is 2.86 bits per heavy atom. The molecule has 1 aliphatic heterocycles. The van der Waals surface area contributed by atoms with Gasteiger partial charge in [0.05, 0.1) is 19.2 Å². The first-order chi connectivity index (χ1) is 10.2. The smallest absolute Gasteiger partial charge is 0.254 e. The number of ether oxygens (including phenoxy) is 1. The molecule has 1 heterocycles. The van der Waals surface area contributed by atoms with E-state index in [4.69, 9.17) is 10.00 Å². The van der Waals surface area contributed by atoms with Crippen LogP contribution in [-0.4, -0.2) is 36.6 Å². The molecule has 106 valence electrons. The molecule has 21 heavy (non-hydrogen) atoms. The lowest BCUT2D eigenvalue weighted by molar-refractivity contribution is 0.00347. The number of carbonyl (C=O) groups excluding carboxylic acids is 1. The Bertz CT molecular complexity index is 739. The van der Waals surface area contributed by atoms with Crippen molar-refractivity contribution in [2.45, 2.75) is 6.10 Å². The van der Waals surface area contributed by atoms with E-state index in [0.717, 1.165) is 15.2 Å².